The maximum absolute atomic E-state index is 5.82. The Morgan fingerprint density at radius 1 is 1.60 bits per heavy atom. The van der Waals surface area contributed by atoms with E-state index < -0.39 is 0 Å². The second-order valence-corrected chi connectivity index (χ2v) is 3.67. The van der Waals surface area contributed by atoms with Gasteiger partial charge in [-0.05, 0) is 13.3 Å². The Balaban J connectivity index is 2.75. The highest BCUT2D eigenvalue weighted by atomic mass is 35.5. The summed E-state index contributed by atoms with van der Waals surface area (Å²) in [4.78, 5) is 8.22. The molecule has 0 amide bonds. The van der Waals surface area contributed by atoms with Crippen LogP contribution in [0.15, 0.2) is 6.07 Å². The highest BCUT2D eigenvalue weighted by molar-refractivity contribution is 6.29. The van der Waals surface area contributed by atoms with E-state index >= 15 is 0 Å². The Morgan fingerprint density at radius 3 is 2.87 bits per heavy atom. The summed E-state index contributed by atoms with van der Waals surface area (Å²) >= 11 is 5.82. The molecule has 0 saturated heterocycles. The van der Waals surface area contributed by atoms with Crippen molar-refractivity contribution in [2.45, 2.75) is 32.7 Å². The average Bonchev–Trinajstić information content (AvgIpc) is 2.15. The van der Waals surface area contributed by atoms with Crippen LogP contribution in [0.4, 0.5) is 5.82 Å². The number of nitrogens with zero attached hydrogens (tertiary/aromatic N) is 2. The number of rotatable bonds is 4. The van der Waals surface area contributed by atoms with Crippen molar-refractivity contribution in [2.75, 3.05) is 5.32 Å². The zero-order chi connectivity index (χ0) is 11.3. The lowest BCUT2D eigenvalue weighted by atomic mass is 10.1. The van der Waals surface area contributed by atoms with Gasteiger partial charge in [0.15, 0.2) is 0 Å². The number of terminal acetylenes is 1. The van der Waals surface area contributed by atoms with Crippen LogP contribution in [0, 0.1) is 19.3 Å². The molecule has 1 aromatic heterocycles. The molecular weight excluding hydrogens is 210 g/mol. The molecular formula is C11H14ClN3. The molecule has 0 aliphatic rings. The molecule has 1 heterocycles. The first-order valence-corrected chi connectivity index (χ1v) is 5.24. The largest absolute Gasteiger partial charge is 0.366 e. The normalized spacial score (nSPS) is 11.9. The summed E-state index contributed by atoms with van der Waals surface area (Å²) in [7, 11) is 0. The van der Waals surface area contributed by atoms with E-state index in [1.807, 2.05) is 0 Å². The Hall–Kier alpha value is -1.27. The first-order valence-electron chi connectivity index (χ1n) is 4.87. The van der Waals surface area contributed by atoms with Gasteiger partial charge in [0.25, 0.3) is 0 Å². The van der Waals surface area contributed by atoms with Crippen LogP contribution in [0.1, 0.15) is 25.6 Å². The van der Waals surface area contributed by atoms with Crippen molar-refractivity contribution in [3.05, 3.63) is 17.0 Å². The molecule has 1 atom stereocenters. The van der Waals surface area contributed by atoms with E-state index in [0.29, 0.717) is 17.4 Å². The lowest BCUT2D eigenvalue weighted by Crippen LogP contribution is -2.18. The van der Waals surface area contributed by atoms with Crippen molar-refractivity contribution in [3.8, 4) is 12.3 Å². The van der Waals surface area contributed by atoms with Crippen molar-refractivity contribution in [1.82, 2.24) is 9.97 Å². The minimum Gasteiger partial charge on any atom is -0.366 e. The predicted molar refractivity (Wildman–Crippen MR) is 62.9 cm³/mol. The van der Waals surface area contributed by atoms with Gasteiger partial charge in [0.2, 0.25) is 0 Å². The number of hydrogen-bond acceptors (Lipinski definition) is 3. The highest BCUT2D eigenvalue weighted by Gasteiger charge is 2.06. The van der Waals surface area contributed by atoms with Crippen molar-refractivity contribution in [3.63, 3.8) is 0 Å². The average molecular weight is 224 g/mol. The number of aromatic nitrogens is 2. The summed E-state index contributed by atoms with van der Waals surface area (Å²) in [5.41, 5.74) is 0. The van der Waals surface area contributed by atoms with Gasteiger partial charge >= 0.3 is 0 Å². The maximum Gasteiger partial charge on any atom is 0.134 e. The van der Waals surface area contributed by atoms with Crippen LogP contribution in [-0.4, -0.2) is 16.0 Å². The highest BCUT2D eigenvalue weighted by Crippen LogP contribution is 2.13. The van der Waals surface area contributed by atoms with Crippen molar-refractivity contribution >= 4 is 17.4 Å². The van der Waals surface area contributed by atoms with Gasteiger partial charge in [0.1, 0.15) is 16.8 Å². The summed E-state index contributed by atoms with van der Waals surface area (Å²) in [6.07, 6.45) is 6.90. The molecule has 0 aliphatic heterocycles. The Bertz CT molecular complexity index is 350. The Kier molecular flexibility index (Phi) is 4.38. The number of anilines is 1. The van der Waals surface area contributed by atoms with E-state index in [0.717, 1.165) is 12.2 Å². The SMILES string of the molecule is C#CCC(CC)Nc1cc(Cl)nc(C)n1. The van der Waals surface area contributed by atoms with Gasteiger partial charge in [-0.3, -0.25) is 0 Å². The molecule has 1 unspecified atom stereocenters. The summed E-state index contributed by atoms with van der Waals surface area (Å²) in [5, 5.41) is 3.68. The Labute approximate surface area is 95.3 Å². The van der Waals surface area contributed by atoms with Crippen molar-refractivity contribution < 1.29 is 0 Å². The van der Waals surface area contributed by atoms with Crippen LogP contribution in [0.3, 0.4) is 0 Å². The summed E-state index contributed by atoms with van der Waals surface area (Å²) in [5.74, 6) is 4.01. The number of aryl methyl sites for hydroxylation is 1. The van der Waals surface area contributed by atoms with Crippen LogP contribution in [-0.2, 0) is 0 Å². The molecule has 1 rings (SSSR count). The van der Waals surface area contributed by atoms with Gasteiger partial charge < -0.3 is 5.32 Å². The van der Waals surface area contributed by atoms with Gasteiger partial charge in [-0.15, -0.1) is 12.3 Å². The van der Waals surface area contributed by atoms with Crippen LogP contribution in [0.25, 0.3) is 0 Å². The number of nitrogens with one attached hydrogen (secondary N) is 1. The first-order chi connectivity index (χ1) is 7.15. The molecule has 80 valence electrons. The summed E-state index contributed by atoms with van der Waals surface area (Å²) in [6, 6.07) is 1.94. The third-order valence-corrected chi connectivity index (χ3v) is 2.21. The monoisotopic (exact) mass is 223 g/mol. The maximum atomic E-state index is 5.82. The van der Waals surface area contributed by atoms with Gasteiger partial charge in [-0.2, -0.15) is 0 Å². The Morgan fingerprint density at radius 2 is 2.33 bits per heavy atom. The van der Waals surface area contributed by atoms with Gasteiger partial charge in [-0.25, -0.2) is 9.97 Å². The van der Waals surface area contributed by atoms with E-state index in [4.69, 9.17) is 18.0 Å². The third-order valence-electron chi connectivity index (χ3n) is 2.02. The first kappa shape index (κ1) is 11.8. The molecule has 0 aromatic carbocycles. The molecule has 1 N–H and O–H groups in total. The predicted octanol–water partition coefficient (Wildman–Crippen LogP) is 2.65. The van der Waals surface area contributed by atoms with E-state index in [2.05, 4.69) is 28.1 Å². The van der Waals surface area contributed by atoms with Crippen molar-refractivity contribution in [2.24, 2.45) is 0 Å². The standard InChI is InChI=1S/C11H14ClN3/c1-4-6-9(5-2)15-11-7-10(12)13-8(3)14-11/h1,7,9H,5-6H2,2-3H3,(H,13,14,15). The fourth-order valence-corrected chi connectivity index (χ4v) is 1.48. The third kappa shape index (κ3) is 3.77. The summed E-state index contributed by atoms with van der Waals surface area (Å²) < 4.78 is 0. The molecule has 0 fully saturated rings. The van der Waals surface area contributed by atoms with E-state index in [-0.39, 0.29) is 6.04 Å². The van der Waals surface area contributed by atoms with Gasteiger partial charge in [0.05, 0.1) is 0 Å². The molecule has 0 bridgehead atoms. The van der Waals surface area contributed by atoms with Gasteiger partial charge in [-0.1, -0.05) is 18.5 Å². The molecule has 0 saturated carbocycles. The molecule has 3 nitrogen and oxygen atoms in total. The van der Waals surface area contributed by atoms with Crippen LogP contribution in [0.5, 0.6) is 0 Å². The molecule has 1 aromatic rings. The number of halogens is 1. The molecule has 0 aliphatic carbocycles. The smallest absolute Gasteiger partial charge is 0.134 e. The van der Waals surface area contributed by atoms with Gasteiger partial charge in [0, 0.05) is 18.5 Å². The minimum atomic E-state index is 0.236. The topological polar surface area (TPSA) is 37.8 Å². The van der Waals surface area contributed by atoms with E-state index in [1.165, 1.54) is 0 Å². The quantitative estimate of drug-likeness (QED) is 0.630. The van der Waals surface area contributed by atoms with Crippen LogP contribution >= 0.6 is 11.6 Å². The molecule has 4 heteroatoms. The fourth-order valence-electron chi connectivity index (χ4n) is 1.25. The van der Waals surface area contributed by atoms with E-state index in [1.54, 1.807) is 13.0 Å². The lowest BCUT2D eigenvalue weighted by molar-refractivity contribution is 0.710. The zero-order valence-electron chi connectivity index (χ0n) is 8.92. The van der Waals surface area contributed by atoms with Crippen LogP contribution in [0.2, 0.25) is 5.15 Å². The minimum absolute atomic E-state index is 0.236. The summed E-state index contributed by atoms with van der Waals surface area (Å²) in [6.45, 7) is 3.88. The number of hydrogen-bond donors (Lipinski definition) is 1. The van der Waals surface area contributed by atoms with E-state index in [9.17, 15) is 0 Å². The fraction of sp³-hybridized carbons (Fsp3) is 0.455. The molecule has 0 radical (unpaired) electrons. The zero-order valence-corrected chi connectivity index (χ0v) is 9.67. The lowest BCUT2D eigenvalue weighted by Gasteiger charge is -2.14. The second-order valence-electron chi connectivity index (χ2n) is 3.28. The van der Waals surface area contributed by atoms with Crippen molar-refractivity contribution in [1.29, 1.82) is 0 Å². The van der Waals surface area contributed by atoms with Crippen LogP contribution < -0.4 is 5.32 Å². The second kappa shape index (κ2) is 5.57. The molecule has 0 spiro atoms. The molecule has 15 heavy (non-hydrogen) atoms.